The molecule has 19 heavy (non-hydrogen) atoms. The number of methoxy groups -OCH3 is 1. The number of rotatable bonds is 3. The third kappa shape index (κ3) is 2.32. The highest BCUT2D eigenvalue weighted by molar-refractivity contribution is 7.22. The second-order valence-electron chi connectivity index (χ2n) is 4.27. The van der Waals surface area contributed by atoms with Gasteiger partial charge in [0.15, 0.2) is 0 Å². The van der Waals surface area contributed by atoms with E-state index in [1.54, 1.807) is 18.4 Å². The molecule has 2 N–H and O–H groups in total. The average molecular weight is 270 g/mol. The highest BCUT2D eigenvalue weighted by atomic mass is 32.1. The van der Waals surface area contributed by atoms with Crippen LogP contribution in [0.1, 0.15) is 5.56 Å². The molecule has 96 valence electrons. The van der Waals surface area contributed by atoms with Gasteiger partial charge in [0.1, 0.15) is 5.75 Å². The molecule has 0 saturated heterocycles. The lowest BCUT2D eigenvalue weighted by Crippen LogP contribution is -1.96. The van der Waals surface area contributed by atoms with Crippen molar-refractivity contribution in [3.63, 3.8) is 0 Å². The first kappa shape index (κ1) is 12.1. The van der Waals surface area contributed by atoms with E-state index in [4.69, 9.17) is 10.5 Å². The molecule has 2 heterocycles. The van der Waals surface area contributed by atoms with E-state index in [1.807, 2.05) is 30.5 Å². The average Bonchev–Trinajstić information content (AvgIpc) is 2.90. The van der Waals surface area contributed by atoms with Crippen molar-refractivity contribution in [3.05, 3.63) is 48.2 Å². The summed E-state index contributed by atoms with van der Waals surface area (Å²) in [5.74, 6) is 0.878. The fraction of sp³-hybridized carbons (Fsp3) is 0.133. The van der Waals surface area contributed by atoms with Crippen LogP contribution in [-0.4, -0.2) is 12.1 Å². The lowest BCUT2D eigenvalue weighted by molar-refractivity contribution is 0.415. The molecule has 0 saturated carbocycles. The van der Waals surface area contributed by atoms with Crippen molar-refractivity contribution in [2.75, 3.05) is 7.11 Å². The van der Waals surface area contributed by atoms with Crippen LogP contribution in [-0.2, 0) is 6.54 Å². The Hall–Kier alpha value is -1.91. The zero-order valence-electron chi connectivity index (χ0n) is 10.6. The maximum Gasteiger partial charge on any atom is 0.119 e. The molecule has 0 atom stereocenters. The molecule has 0 bridgehead atoms. The molecule has 3 nitrogen and oxygen atoms in total. The molecular formula is C15H14N2OS. The van der Waals surface area contributed by atoms with Crippen LogP contribution < -0.4 is 10.5 Å². The van der Waals surface area contributed by atoms with Crippen molar-refractivity contribution in [1.82, 2.24) is 4.98 Å². The van der Waals surface area contributed by atoms with Gasteiger partial charge in [0, 0.05) is 17.4 Å². The molecule has 4 heteroatoms. The summed E-state index contributed by atoms with van der Waals surface area (Å²) in [6.07, 6.45) is 1.83. The first-order chi connectivity index (χ1) is 9.30. The zero-order chi connectivity index (χ0) is 13.2. The molecule has 3 aromatic rings. The Morgan fingerprint density at radius 2 is 2.11 bits per heavy atom. The van der Waals surface area contributed by atoms with Gasteiger partial charge in [0.2, 0.25) is 0 Å². The van der Waals surface area contributed by atoms with E-state index in [1.165, 1.54) is 10.1 Å². The Balaban J connectivity index is 2.04. The van der Waals surface area contributed by atoms with E-state index < -0.39 is 0 Å². The van der Waals surface area contributed by atoms with Gasteiger partial charge >= 0.3 is 0 Å². The van der Waals surface area contributed by atoms with Gasteiger partial charge in [0.25, 0.3) is 0 Å². The highest BCUT2D eigenvalue weighted by Crippen LogP contribution is 2.34. The van der Waals surface area contributed by atoms with Crippen LogP contribution in [0.15, 0.2) is 42.6 Å². The Labute approximate surface area is 115 Å². The number of nitrogens with zero attached hydrogens (tertiary/aromatic N) is 1. The largest absolute Gasteiger partial charge is 0.497 e. The van der Waals surface area contributed by atoms with Crippen LogP contribution in [0.3, 0.4) is 0 Å². The third-order valence-corrected chi connectivity index (χ3v) is 4.17. The van der Waals surface area contributed by atoms with Gasteiger partial charge in [-0.05, 0) is 41.3 Å². The lowest BCUT2D eigenvalue weighted by atomic mass is 10.2. The summed E-state index contributed by atoms with van der Waals surface area (Å²) in [6.45, 7) is 0.525. The molecular weight excluding hydrogens is 256 g/mol. The minimum Gasteiger partial charge on any atom is -0.497 e. The van der Waals surface area contributed by atoms with Crippen molar-refractivity contribution in [2.45, 2.75) is 6.54 Å². The zero-order valence-corrected chi connectivity index (χ0v) is 11.4. The topological polar surface area (TPSA) is 48.1 Å². The van der Waals surface area contributed by atoms with Gasteiger partial charge in [-0.1, -0.05) is 6.07 Å². The molecule has 0 spiro atoms. The Morgan fingerprint density at radius 3 is 2.79 bits per heavy atom. The van der Waals surface area contributed by atoms with E-state index >= 15 is 0 Å². The smallest absolute Gasteiger partial charge is 0.119 e. The van der Waals surface area contributed by atoms with Crippen molar-refractivity contribution in [1.29, 1.82) is 0 Å². The number of fused-ring (bicyclic) bond motifs is 1. The summed E-state index contributed by atoms with van der Waals surface area (Å²) < 4.78 is 6.48. The Kier molecular flexibility index (Phi) is 3.19. The number of pyridine rings is 1. The summed E-state index contributed by atoms with van der Waals surface area (Å²) in [7, 11) is 1.68. The first-order valence-electron chi connectivity index (χ1n) is 6.03. The normalized spacial score (nSPS) is 10.8. The SMILES string of the molecule is COc1ccc2sc(-c3ccc(CN)cn3)cc2c1. The molecule has 3 rings (SSSR count). The van der Waals surface area contributed by atoms with Crippen LogP contribution in [0.25, 0.3) is 20.7 Å². The summed E-state index contributed by atoms with van der Waals surface area (Å²) >= 11 is 1.73. The number of nitrogens with two attached hydrogens (primary N) is 1. The maximum atomic E-state index is 5.58. The van der Waals surface area contributed by atoms with Gasteiger partial charge in [-0.15, -0.1) is 11.3 Å². The van der Waals surface area contributed by atoms with Gasteiger partial charge in [-0.25, -0.2) is 0 Å². The van der Waals surface area contributed by atoms with Crippen molar-refractivity contribution in [3.8, 4) is 16.3 Å². The van der Waals surface area contributed by atoms with Gasteiger partial charge in [0.05, 0.1) is 17.7 Å². The molecule has 0 radical (unpaired) electrons. The van der Waals surface area contributed by atoms with E-state index in [9.17, 15) is 0 Å². The van der Waals surface area contributed by atoms with E-state index in [0.29, 0.717) is 6.54 Å². The number of hydrogen-bond acceptors (Lipinski definition) is 4. The second kappa shape index (κ2) is 4.99. The lowest BCUT2D eigenvalue weighted by Gasteiger charge is -1.98. The standard InChI is InChI=1S/C15H14N2OS/c1-18-12-3-5-14-11(6-12)7-15(19-14)13-4-2-10(8-16)9-17-13/h2-7,9H,8,16H2,1H3. The van der Waals surface area contributed by atoms with Crippen LogP contribution in [0, 0.1) is 0 Å². The molecule has 0 fully saturated rings. The molecule has 0 amide bonds. The minimum atomic E-state index is 0.525. The predicted molar refractivity (Wildman–Crippen MR) is 79.5 cm³/mol. The first-order valence-corrected chi connectivity index (χ1v) is 6.85. The number of aromatic nitrogens is 1. The highest BCUT2D eigenvalue weighted by Gasteiger charge is 2.06. The summed E-state index contributed by atoms with van der Waals surface area (Å²) in [5, 5.41) is 1.18. The van der Waals surface area contributed by atoms with E-state index in [0.717, 1.165) is 21.9 Å². The number of thiophene rings is 1. The Morgan fingerprint density at radius 1 is 1.21 bits per heavy atom. The van der Waals surface area contributed by atoms with Gasteiger partial charge in [-0.2, -0.15) is 0 Å². The van der Waals surface area contributed by atoms with E-state index in [-0.39, 0.29) is 0 Å². The van der Waals surface area contributed by atoms with Gasteiger partial charge in [-0.3, -0.25) is 4.98 Å². The monoisotopic (exact) mass is 270 g/mol. The number of benzene rings is 1. The van der Waals surface area contributed by atoms with Crippen LogP contribution in [0.5, 0.6) is 5.75 Å². The fourth-order valence-corrected chi connectivity index (χ4v) is 2.99. The van der Waals surface area contributed by atoms with Crippen molar-refractivity contribution in [2.24, 2.45) is 5.73 Å². The fourth-order valence-electron chi connectivity index (χ4n) is 1.97. The quantitative estimate of drug-likeness (QED) is 0.793. The molecule has 1 aromatic carbocycles. The molecule has 2 aromatic heterocycles. The molecule has 0 unspecified atom stereocenters. The summed E-state index contributed by atoms with van der Waals surface area (Å²) in [6, 6.07) is 12.3. The number of ether oxygens (including phenoxy) is 1. The second-order valence-corrected chi connectivity index (χ2v) is 5.35. The Bertz CT molecular complexity index is 704. The minimum absolute atomic E-state index is 0.525. The molecule has 0 aliphatic heterocycles. The molecule has 0 aliphatic carbocycles. The van der Waals surface area contributed by atoms with Gasteiger partial charge < -0.3 is 10.5 Å². The summed E-state index contributed by atoms with van der Waals surface area (Å²) in [4.78, 5) is 5.62. The van der Waals surface area contributed by atoms with Crippen LogP contribution in [0.4, 0.5) is 0 Å². The van der Waals surface area contributed by atoms with Crippen LogP contribution in [0.2, 0.25) is 0 Å². The number of hydrogen-bond donors (Lipinski definition) is 1. The van der Waals surface area contributed by atoms with E-state index in [2.05, 4.69) is 17.1 Å². The summed E-state index contributed by atoms with van der Waals surface area (Å²) in [5.41, 5.74) is 7.61. The van der Waals surface area contributed by atoms with Crippen molar-refractivity contribution >= 4 is 21.4 Å². The van der Waals surface area contributed by atoms with Crippen LogP contribution >= 0.6 is 11.3 Å². The predicted octanol–water partition coefficient (Wildman–Crippen LogP) is 3.43. The third-order valence-electron chi connectivity index (χ3n) is 3.04. The van der Waals surface area contributed by atoms with Crippen molar-refractivity contribution < 1.29 is 4.74 Å². The maximum absolute atomic E-state index is 5.58. The molecule has 0 aliphatic rings.